The van der Waals surface area contributed by atoms with E-state index >= 15 is 0 Å². The van der Waals surface area contributed by atoms with Crippen molar-refractivity contribution < 1.29 is 0 Å². The molecule has 0 saturated heterocycles. The molecule has 0 spiro atoms. The van der Waals surface area contributed by atoms with Crippen LogP contribution < -0.4 is 5.32 Å². The van der Waals surface area contributed by atoms with Crippen LogP contribution >= 0.6 is 11.6 Å². The molecule has 0 atom stereocenters. The summed E-state index contributed by atoms with van der Waals surface area (Å²) in [6.07, 6.45) is 0. The number of anilines is 1. The van der Waals surface area contributed by atoms with Gasteiger partial charge in [0.15, 0.2) is 0 Å². The molecule has 1 N–H and O–H groups in total. The molecule has 1 heterocycles. The van der Waals surface area contributed by atoms with Gasteiger partial charge < -0.3 is 9.88 Å². The molecule has 0 bridgehead atoms. The molecule has 0 fully saturated rings. The van der Waals surface area contributed by atoms with Crippen LogP contribution in [0.25, 0.3) is 0 Å². The molecule has 1 aromatic heterocycles. The SMILES string of the molecule is Cc1cccc(Cl)c1NCc1cc(C)n(C)c1C. The predicted octanol–water partition coefficient (Wildman–Crippen LogP) is 4.22. The molecule has 0 unspecified atom stereocenters. The van der Waals surface area contributed by atoms with Crippen molar-refractivity contribution in [3.8, 4) is 0 Å². The summed E-state index contributed by atoms with van der Waals surface area (Å²) >= 11 is 6.20. The summed E-state index contributed by atoms with van der Waals surface area (Å²) in [5.41, 5.74) is 6.09. The second kappa shape index (κ2) is 5.07. The Morgan fingerprint density at radius 1 is 1.22 bits per heavy atom. The van der Waals surface area contributed by atoms with E-state index < -0.39 is 0 Å². The Kier molecular flexibility index (Phi) is 3.67. The average molecular weight is 263 g/mol. The fourth-order valence-corrected chi connectivity index (χ4v) is 2.44. The lowest BCUT2D eigenvalue weighted by Gasteiger charge is -2.11. The highest BCUT2D eigenvalue weighted by Gasteiger charge is 2.07. The van der Waals surface area contributed by atoms with Crippen LogP contribution in [0.1, 0.15) is 22.5 Å². The average Bonchev–Trinajstić information content (AvgIpc) is 2.56. The van der Waals surface area contributed by atoms with Crippen molar-refractivity contribution in [2.45, 2.75) is 27.3 Å². The molecule has 1 aromatic carbocycles. The molecular weight excluding hydrogens is 244 g/mol. The van der Waals surface area contributed by atoms with E-state index in [4.69, 9.17) is 11.6 Å². The number of halogens is 1. The van der Waals surface area contributed by atoms with Gasteiger partial charge in [0.25, 0.3) is 0 Å². The van der Waals surface area contributed by atoms with Crippen LogP contribution in [0.2, 0.25) is 5.02 Å². The monoisotopic (exact) mass is 262 g/mol. The topological polar surface area (TPSA) is 17.0 Å². The molecular formula is C15H19ClN2. The van der Waals surface area contributed by atoms with Gasteiger partial charge in [-0.1, -0.05) is 23.7 Å². The lowest BCUT2D eigenvalue weighted by Crippen LogP contribution is -2.03. The third-order valence-electron chi connectivity index (χ3n) is 3.56. The van der Waals surface area contributed by atoms with Crippen molar-refractivity contribution in [2.75, 3.05) is 5.32 Å². The van der Waals surface area contributed by atoms with E-state index in [1.165, 1.54) is 22.5 Å². The van der Waals surface area contributed by atoms with Gasteiger partial charge in [0.2, 0.25) is 0 Å². The third-order valence-corrected chi connectivity index (χ3v) is 3.87. The first-order chi connectivity index (χ1) is 8.50. The summed E-state index contributed by atoms with van der Waals surface area (Å²) in [7, 11) is 2.09. The molecule has 96 valence electrons. The summed E-state index contributed by atoms with van der Waals surface area (Å²) in [6.45, 7) is 7.14. The zero-order valence-electron chi connectivity index (χ0n) is 11.3. The molecule has 2 aromatic rings. The molecule has 2 rings (SSSR count). The highest BCUT2D eigenvalue weighted by atomic mass is 35.5. The lowest BCUT2D eigenvalue weighted by molar-refractivity contribution is 0.837. The smallest absolute Gasteiger partial charge is 0.0640 e. The summed E-state index contributed by atoms with van der Waals surface area (Å²) in [4.78, 5) is 0. The normalized spacial score (nSPS) is 10.7. The Morgan fingerprint density at radius 2 is 1.94 bits per heavy atom. The van der Waals surface area contributed by atoms with Gasteiger partial charge >= 0.3 is 0 Å². The number of nitrogens with one attached hydrogen (secondary N) is 1. The van der Waals surface area contributed by atoms with Crippen LogP contribution in [0.4, 0.5) is 5.69 Å². The van der Waals surface area contributed by atoms with E-state index in [0.717, 1.165) is 17.3 Å². The molecule has 18 heavy (non-hydrogen) atoms. The first-order valence-electron chi connectivity index (χ1n) is 6.11. The molecule has 0 amide bonds. The van der Waals surface area contributed by atoms with Crippen LogP contribution in [0.5, 0.6) is 0 Å². The number of benzene rings is 1. The number of nitrogens with zero attached hydrogens (tertiary/aromatic N) is 1. The van der Waals surface area contributed by atoms with Crippen LogP contribution in [0, 0.1) is 20.8 Å². The molecule has 2 nitrogen and oxygen atoms in total. The highest BCUT2D eigenvalue weighted by molar-refractivity contribution is 6.33. The Hall–Kier alpha value is -1.41. The van der Waals surface area contributed by atoms with E-state index in [9.17, 15) is 0 Å². The number of rotatable bonds is 3. The van der Waals surface area contributed by atoms with Crippen LogP contribution in [0.3, 0.4) is 0 Å². The number of hydrogen-bond donors (Lipinski definition) is 1. The van der Waals surface area contributed by atoms with Crippen molar-refractivity contribution in [2.24, 2.45) is 7.05 Å². The highest BCUT2D eigenvalue weighted by Crippen LogP contribution is 2.26. The van der Waals surface area contributed by atoms with E-state index in [2.05, 4.69) is 49.8 Å². The largest absolute Gasteiger partial charge is 0.379 e. The fourth-order valence-electron chi connectivity index (χ4n) is 2.15. The van der Waals surface area contributed by atoms with Gasteiger partial charge in [-0.25, -0.2) is 0 Å². The number of aromatic nitrogens is 1. The van der Waals surface area contributed by atoms with Crippen LogP contribution in [-0.2, 0) is 13.6 Å². The zero-order chi connectivity index (χ0) is 13.3. The number of hydrogen-bond acceptors (Lipinski definition) is 1. The molecule has 0 radical (unpaired) electrons. The molecule has 0 aliphatic rings. The minimum atomic E-state index is 0.778. The second-order valence-corrected chi connectivity index (χ2v) is 5.15. The molecule has 0 aliphatic carbocycles. The van der Waals surface area contributed by atoms with E-state index in [1.807, 2.05) is 12.1 Å². The van der Waals surface area contributed by atoms with Gasteiger partial charge in [0, 0.05) is 25.0 Å². The van der Waals surface area contributed by atoms with E-state index in [0.29, 0.717) is 0 Å². The standard InChI is InChI=1S/C15H19ClN2/c1-10-6-5-7-14(16)15(10)17-9-13-8-11(2)18(4)12(13)3/h5-8,17H,9H2,1-4H3. The van der Waals surface area contributed by atoms with Gasteiger partial charge in [0.1, 0.15) is 0 Å². The van der Waals surface area contributed by atoms with E-state index in [-0.39, 0.29) is 0 Å². The van der Waals surface area contributed by atoms with Crippen molar-refractivity contribution >= 4 is 17.3 Å². The lowest BCUT2D eigenvalue weighted by atomic mass is 10.2. The second-order valence-electron chi connectivity index (χ2n) is 4.74. The van der Waals surface area contributed by atoms with Gasteiger partial charge in [-0.2, -0.15) is 0 Å². The maximum Gasteiger partial charge on any atom is 0.0640 e. The van der Waals surface area contributed by atoms with Crippen LogP contribution in [0.15, 0.2) is 24.3 Å². The Balaban J connectivity index is 2.19. The summed E-state index contributed by atoms with van der Waals surface area (Å²) < 4.78 is 2.20. The maximum atomic E-state index is 6.20. The Morgan fingerprint density at radius 3 is 2.50 bits per heavy atom. The molecule has 0 aliphatic heterocycles. The third kappa shape index (κ3) is 2.39. The quantitative estimate of drug-likeness (QED) is 0.877. The van der Waals surface area contributed by atoms with Gasteiger partial charge in [-0.15, -0.1) is 0 Å². The molecule has 3 heteroatoms. The van der Waals surface area contributed by atoms with Gasteiger partial charge in [0.05, 0.1) is 10.7 Å². The van der Waals surface area contributed by atoms with Gasteiger partial charge in [-0.05, 0) is 44.0 Å². The summed E-state index contributed by atoms with van der Waals surface area (Å²) in [5.74, 6) is 0. The Bertz CT molecular complexity index is 550. The summed E-state index contributed by atoms with van der Waals surface area (Å²) in [5, 5.41) is 4.21. The van der Waals surface area contributed by atoms with Gasteiger partial charge in [-0.3, -0.25) is 0 Å². The minimum Gasteiger partial charge on any atom is -0.379 e. The maximum absolute atomic E-state index is 6.20. The number of para-hydroxylation sites is 1. The van der Waals surface area contributed by atoms with Crippen molar-refractivity contribution in [1.29, 1.82) is 0 Å². The van der Waals surface area contributed by atoms with Crippen molar-refractivity contribution in [3.63, 3.8) is 0 Å². The Labute approximate surface area is 114 Å². The van der Waals surface area contributed by atoms with E-state index in [1.54, 1.807) is 0 Å². The molecule has 0 saturated carbocycles. The zero-order valence-corrected chi connectivity index (χ0v) is 12.1. The first kappa shape index (κ1) is 13.0. The summed E-state index contributed by atoms with van der Waals surface area (Å²) in [6, 6.07) is 8.17. The van der Waals surface area contributed by atoms with Crippen molar-refractivity contribution in [3.05, 3.63) is 51.8 Å². The minimum absolute atomic E-state index is 0.778. The predicted molar refractivity (Wildman–Crippen MR) is 78.4 cm³/mol. The first-order valence-corrected chi connectivity index (χ1v) is 6.49. The van der Waals surface area contributed by atoms with Crippen molar-refractivity contribution in [1.82, 2.24) is 4.57 Å². The number of aryl methyl sites for hydroxylation is 2. The van der Waals surface area contributed by atoms with Crippen LogP contribution in [-0.4, -0.2) is 4.57 Å². The fraction of sp³-hybridized carbons (Fsp3) is 0.333.